The van der Waals surface area contributed by atoms with Gasteiger partial charge in [0.2, 0.25) is 6.71 Å². The lowest BCUT2D eigenvalue weighted by molar-refractivity contribution is 0.487. The Morgan fingerprint density at radius 1 is 0.187 bits per heavy atom. The highest BCUT2D eigenvalue weighted by Crippen LogP contribution is 2.72. The van der Waals surface area contributed by atoms with Gasteiger partial charge in [0.1, 0.15) is 11.5 Å². The summed E-state index contributed by atoms with van der Waals surface area (Å²) in [5.41, 5.74) is 48.7. The number of para-hydroxylation sites is 11. The van der Waals surface area contributed by atoms with E-state index >= 15 is 0 Å². The van der Waals surface area contributed by atoms with E-state index in [9.17, 15) is 0 Å². The van der Waals surface area contributed by atoms with Crippen molar-refractivity contribution in [1.82, 2.24) is 0 Å². The van der Waals surface area contributed by atoms with Crippen LogP contribution in [0.15, 0.2) is 471 Å². The molecule has 20 aromatic carbocycles. The van der Waals surface area contributed by atoms with E-state index < -0.39 is 21.7 Å². The van der Waals surface area contributed by atoms with Crippen molar-refractivity contribution < 1.29 is 4.74 Å². The van der Waals surface area contributed by atoms with Gasteiger partial charge in [-0.1, -0.05) is 469 Å². The van der Waals surface area contributed by atoms with Crippen molar-refractivity contribution in [2.75, 3.05) is 19.6 Å². The number of benzene rings is 20. The predicted octanol–water partition coefficient (Wildman–Crippen LogP) is 33.0. The average molecular weight is 1950 g/mol. The number of fused-ring (bicyclic) bond motifs is 32. The van der Waals surface area contributed by atoms with Gasteiger partial charge in [-0.2, -0.15) is 0 Å². The van der Waals surface area contributed by atoms with Crippen molar-refractivity contribution in [3.8, 4) is 11.5 Å². The molecule has 8 heteroatoms. The van der Waals surface area contributed by atoms with Crippen molar-refractivity contribution in [1.29, 1.82) is 0 Å². The molecule has 150 heavy (non-hydrogen) atoms. The van der Waals surface area contributed by atoms with Gasteiger partial charge in [-0.15, -0.1) is 0 Å². The third-order valence-corrected chi connectivity index (χ3v) is 35.5. The summed E-state index contributed by atoms with van der Waals surface area (Å²) in [4.78, 5) is 12.7. The first-order valence-corrected chi connectivity index (χ1v) is 54.9. The van der Waals surface area contributed by atoms with E-state index in [1.54, 1.807) is 0 Å². The Morgan fingerprint density at radius 2 is 0.413 bits per heavy atom. The summed E-state index contributed by atoms with van der Waals surface area (Å²) in [6.07, 6.45) is 0. The second-order valence-electron chi connectivity index (χ2n) is 44.1. The molecule has 8 aliphatic rings. The molecule has 0 unspecified atom stereocenters. The van der Waals surface area contributed by atoms with Crippen LogP contribution in [-0.4, -0.2) is 13.4 Å². The lowest BCUT2D eigenvalue weighted by Gasteiger charge is -2.56. The molecule has 0 aromatic heterocycles. The molecule has 0 saturated heterocycles. The highest BCUT2D eigenvalue weighted by Gasteiger charge is 2.62. The molecule has 2 aliphatic carbocycles. The third-order valence-electron chi connectivity index (χ3n) is 34.3. The van der Waals surface area contributed by atoms with E-state index in [1.807, 2.05) is 11.8 Å². The Hall–Kier alpha value is -16.1. The van der Waals surface area contributed by atoms with E-state index in [4.69, 9.17) is 4.74 Å². The number of hydrogen-bond acceptors (Lipinski definition) is 6. The Bertz CT molecular complexity index is 7970. The standard InChI is InChI=1S/C71H59BN2O.C71H59BN2S/c2*1-45(2)48-42-51(46(3)4)69(52(43-48)47(5)6)72-61-34-18-23-39-67(61)75-68-44-50(40-41-62(68)72)74-65-37-21-16-32-59(65)71(60-33-17-22-38-66(60)74)55-28-12-10-26-53(55)70(54-27-11-13-29-56(54)71)57-30-14-19-35-63(57)73(49-24-8-7-9-25-49)64-36-20-15-31-58(64)70/h2*7-47H,1-6H3. The summed E-state index contributed by atoms with van der Waals surface area (Å²) >= 11 is 1.93. The second-order valence-corrected chi connectivity index (χ2v) is 45.2. The summed E-state index contributed by atoms with van der Waals surface area (Å²) in [6, 6.07) is 175. The molecule has 6 heterocycles. The van der Waals surface area contributed by atoms with E-state index in [0.29, 0.717) is 35.5 Å². The minimum atomic E-state index is -0.681. The first kappa shape index (κ1) is 92.5. The quantitative estimate of drug-likeness (QED) is 0.113. The molecule has 0 fully saturated rings. The molecule has 28 rings (SSSR count). The van der Waals surface area contributed by atoms with Crippen LogP contribution >= 0.6 is 11.8 Å². The lowest BCUT2D eigenvalue weighted by Crippen LogP contribution is -2.57. The van der Waals surface area contributed by atoms with Crippen molar-refractivity contribution in [3.05, 3.63) is 583 Å². The van der Waals surface area contributed by atoms with Gasteiger partial charge in [-0.25, -0.2) is 0 Å². The highest BCUT2D eigenvalue weighted by atomic mass is 32.2. The zero-order chi connectivity index (χ0) is 101. The van der Waals surface area contributed by atoms with Gasteiger partial charge < -0.3 is 24.3 Å². The van der Waals surface area contributed by atoms with Crippen molar-refractivity contribution in [3.63, 3.8) is 0 Å². The number of anilines is 12. The van der Waals surface area contributed by atoms with Gasteiger partial charge in [0.15, 0.2) is 0 Å². The highest BCUT2D eigenvalue weighted by molar-refractivity contribution is 8.00. The molecule has 20 aromatic rings. The maximum absolute atomic E-state index is 7.13. The van der Waals surface area contributed by atoms with Gasteiger partial charge in [0, 0.05) is 38.6 Å². The van der Waals surface area contributed by atoms with Gasteiger partial charge in [-0.05, 0) is 272 Å². The van der Waals surface area contributed by atoms with Crippen LogP contribution in [0, 0.1) is 0 Å². The van der Waals surface area contributed by atoms with E-state index in [1.165, 1.54) is 205 Å². The zero-order valence-electron chi connectivity index (χ0n) is 87.1. The molecule has 0 bridgehead atoms. The SMILES string of the molecule is CC(C)c1cc(C(C)C)c(B2c3ccccc3Oc3cc(N4c5ccccc5C5(c6ccccc64)c4ccccc4C4(c6ccccc6N(c6ccccc6)c6ccccc64)c4ccccc45)ccc32)c(C(C)C)c1.CC(C)c1cc(C(C)C)c(B2c3ccccc3Sc3cc(N4c5ccccc5C5(c6ccccc64)c4ccccc4C4(c6ccccc6N(c6ccccc6)c6ccccc64)c4ccccc45)ccc32)c(C(C)C)c1. The van der Waals surface area contributed by atoms with Crippen LogP contribution in [0.25, 0.3) is 0 Å². The van der Waals surface area contributed by atoms with Crippen LogP contribution in [0.4, 0.5) is 68.2 Å². The lowest BCUT2D eigenvalue weighted by atomic mass is 9.34. The topological polar surface area (TPSA) is 22.2 Å². The fourth-order valence-corrected chi connectivity index (χ4v) is 29.4. The van der Waals surface area contributed by atoms with Gasteiger partial charge in [-0.3, -0.25) is 0 Å². The second kappa shape index (κ2) is 35.9. The number of ether oxygens (including phenoxy) is 1. The summed E-state index contributed by atoms with van der Waals surface area (Å²) in [6.45, 7) is 28.4. The molecule has 6 aliphatic heterocycles. The van der Waals surface area contributed by atoms with Crippen LogP contribution in [0.5, 0.6) is 11.5 Å². The fourth-order valence-electron chi connectivity index (χ4n) is 28.2. The summed E-state index contributed by atoms with van der Waals surface area (Å²) < 4.78 is 7.13. The molecule has 0 atom stereocenters. The molecule has 0 N–H and O–H groups in total. The molecule has 0 radical (unpaired) electrons. The van der Waals surface area contributed by atoms with Gasteiger partial charge >= 0.3 is 0 Å². The van der Waals surface area contributed by atoms with Crippen LogP contribution in [0.1, 0.15) is 241 Å². The first-order valence-electron chi connectivity index (χ1n) is 54.1. The Labute approximate surface area is 888 Å². The number of hydrogen-bond donors (Lipinski definition) is 0. The first-order chi connectivity index (χ1) is 73.4. The Kier molecular flexibility index (Phi) is 22.1. The molecule has 724 valence electrons. The minimum absolute atomic E-state index is 0.0107. The Morgan fingerprint density at radius 3 is 0.713 bits per heavy atom. The van der Waals surface area contributed by atoms with Crippen molar-refractivity contribution in [2.45, 2.75) is 150 Å². The molecule has 5 nitrogen and oxygen atoms in total. The molecule has 0 saturated carbocycles. The maximum Gasteiger partial charge on any atom is 0.251 e. The molecule has 4 spiro atoms. The van der Waals surface area contributed by atoms with E-state index in [0.717, 1.165) is 39.9 Å². The zero-order valence-corrected chi connectivity index (χ0v) is 87.9. The smallest absolute Gasteiger partial charge is 0.251 e. The average Bonchev–Trinajstić information content (AvgIpc) is 0.654. The minimum Gasteiger partial charge on any atom is -0.458 e. The van der Waals surface area contributed by atoms with Crippen LogP contribution < -0.4 is 57.1 Å². The van der Waals surface area contributed by atoms with Crippen LogP contribution in [0.3, 0.4) is 0 Å². The summed E-state index contributed by atoms with van der Waals surface area (Å²) in [7, 11) is 0. The van der Waals surface area contributed by atoms with Gasteiger partial charge in [0.05, 0.1) is 67.2 Å². The van der Waals surface area contributed by atoms with Crippen LogP contribution in [0.2, 0.25) is 0 Å². The molecular formula is C142H118B2N4OS. The number of rotatable bonds is 12. The predicted molar refractivity (Wildman–Crippen MR) is 630 cm³/mol. The summed E-state index contributed by atoms with van der Waals surface area (Å²) in [5, 5.41) is 0. The third kappa shape index (κ3) is 13.3. The molecule has 0 amide bonds. The van der Waals surface area contributed by atoms with E-state index in [-0.39, 0.29) is 13.4 Å². The summed E-state index contributed by atoms with van der Waals surface area (Å²) in [5.74, 6) is 4.16. The number of nitrogens with zero attached hydrogens (tertiary/aromatic N) is 4. The molecular weight excluding hydrogens is 1830 g/mol. The fraction of sp³-hybridized carbons (Fsp3) is 0.155. The maximum atomic E-state index is 7.13. The van der Waals surface area contributed by atoms with E-state index in [2.05, 4.69) is 564 Å². The monoisotopic (exact) mass is 1950 g/mol. The van der Waals surface area contributed by atoms with Crippen molar-refractivity contribution >= 4 is 126 Å². The van der Waals surface area contributed by atoms with Gasteiger partial charge in [0.25, 0.3) is 6.71 Å². The largest absolute Gasteiger partial charge is 0.458 e. The Balaban J connectivity index is 0.000000148. The van der Waals surface area contributed by atoms with Crippen LogP contribution in [-0.2, 0) is 21.7 Å². The van der Waals surface area contributed by atoms with Crippen molar-refractivity contribution in [2.24, 2.45) is 0 Å². The normalized spacial score (nSPS) is 14.9.